The summed E-state index contributed by atoms with van der Waals surface area (Å²) in [7, 11) is 0. The van der Waals surface area contributed by atoms with Crippen molar-refractivity contribution in [3.8, 4) is 16.9 Å². The van der Waals surface area contributed by atoms with E-state index in [0.717, 1.165) is 22.9 Å². The van der Waals surface area contributed by atoms with Gasteiger partial charge in [-0.1, -0.05) is 60.7 Å². The normalized spacial score (nSPS) is 10.8. The molecule has 0 bridgehead atoms. The SMILES string of the molecule is O=c1cc(-c2ccccc2)c2ccc(OCCc3ccccc3)cc2o1. The number of benzene rings is 3. The molecule has 0 atom stereocenters. The monoisotopic (exact) mass is 342 g/mol. The van der Waals surface area contributed by atoms with Crippen LogP contribution in [0.1, 0.15) is 5.56 Å². The quantitative estimate of drug-likeness (QED) is 0.475. The molecule has 0 spiro atoms. The zero-order chi connectivity index (χ0) is 17.8. The lowest BCUT2D eigenvalue weighted by Gasteiger charge is -2.09. The van der Waals surface area contributed by atoms with Gasteiger partial charge < -0.3 is 9.15 Å². The second-order valence-corrected chi connectivity index (χ2v) is 6.09. The predicted octanol–water partition coefficient (Wildman–Crippen LogP) is 5.08. The van der Waals surface area contributed by atoms with Gasteiger partial charge in [0.05, 0.1) is 6.61 Å². The molecule has 0 fully saturated rings. The Bertz CT molecular complexity index is 1070. The maximum absolute atomic E-state index is 12.0. The fourth-order valence-corrected chi connectivity index (χ4v) is 3.02. The van der Waals surface area contributed by atoms with E-state index in [4.69, 9.17) is 9.15 Å². The lowest BCUT2D eigenvalue weighted by atomic mass is 10.0. The molecular weight excluding hydrogens is 324 g/mol. The number of hydrogen-bond acceptors (Lipinski definition) is 3. The molecule has 0 amide bonds. The highest BCUT2D eigenvalue weighted by molar-refractivity contribution is 5.93. The van der Waals surface area contributed by atoms with E-state index in [2.05, 4.69) is 12.1 Å². The lowest BCUT2D eigenvalue weighted by molar-refractivity contribution is 0.322. The zero-order valence-corrected chi connectivity index (χ0v) is 14.2. The molecule has 4 rings (SSSR count). The Hall–Kier alpha value is -3.33. The van der Waals surface area contributed by atoms with Crippen LogP contribution in [0, 0.1) is 0 Å². The minimum atomic E-state index is -0.363. The van der Waals surface area contributed by atoms with Crippen molar-refractivity contribution < 1.29 is 9.15 Å². The summed E-state index contributed by atoms with van der Waals surface area (Å²) < 4.78 is 11.2. The standard InChI is InChI=1S/C23H18O3/c24-23-16-21(18-9-5-2-6-10-18)20-12-11-19(15-22(20)26-23)25-14-13-17-7-3-1-4-8-17/h1-12,15-16H,13-14H2. The largest absolute Gasteiger partial charge is 0.493 e. The summed E-state index contributed by atoms with van der Waals surface area (Å²) in [5.74, 6) is 0.696. The number of ether oxygens (including phenoxy) is 1. The van der Waals surface area contributed by atoms with Crippen molar-refractivity contribution in [2.45, 2.75) is 6.42 Å². The van der Waals surface area contributed by atoms with Crippen molar-refractivity contribution >= 4 is 11.0 Å². The van der Waals surface area contributed by atoms with Crippen molar-refractivity contribution in [1.82, 2.24) is 0 Å². The van der Waals surface area contributed by atoms with Crippen LogP contribution in [0.5, 0.6) is 5.75 Å². The summed E-state index contributed by atoms with van der Waals surface area (Å²) in [5.41, 5.74) is 3.26. The van der Waals surface area contributed by atoms with Crippen LogP contribution in [-0.2, 0) is 6.42 Å². The third-order valence-corrected chi connectivity index (χ3v) is 4.30. The molecule has 26 heavy (non-hydrogen) atoms. The van der Waals surface area contributed by atoms with Gasteiger partial charge in [0.2, 0.25) is 0 Å². The van der Waals surface area contributed by atoms with E-state index in [9.17, 15) is 4.79 Å². The molecule has 3 nitrogen and oxygen atoms in total. The first-order valence-electron chi connectivity index (χ1n) is 8.60. The second kappa shape index (κ2) is 7.28. The Labute approximate surface area is 151 Å². The van der Waals surface area contributed by atoms with Gasteiger partial charge in [0, 0.05) is 23.9 Å². The van der Waals surface area contributed by atoms with Crippen LogP contribution in [0.4, 0.5) is 0 Å². The van der Waals surface area contributed by atoms with E-state index >= 15 is 0 Å². The summed E-state index contributed by atoms with van der Waals surface area (Å²) in [5, 5.41) is 0.895. The highest BCUT2D eigenvalue weighted by Crippen LogP contribution is 2.29. The maximum Gasteiger partial charge on any atom is 0.336 e. The van der Waals surface area contributed by atoms with E-state index in [-0.39, 0.29) is 5.63 Å². The van der Waals surface area contributed by atoms with Gasteiger partial charge >= 0.3 is 5.63 Å². The molecule has 0 radical (unpaired) electrons. The van der Waals surface area contributed by atoms with Crippen LogP contribution in [0.3, 0.4) is 0 Å². The molecule has 0 unspecified atom stereocenters. The summed E-state index contributed by atoms with van der Waals surface area (Å²) in [4.78, 5) is 12.0. The highest BCUT2D eigenvalue weighted by atomic mass is 16.5. The van der Waals surface area contributed by atoms with Crippen molar-refractivity contribution in [3.05, 3.63) is 101 Å². The molecule has 3 heteroatoms. The minimum absolute atomic E-state index is 0.363. The Balaban J connectivity index is 1.60. The number of fused-ring (bicyclic) bond motifs is 1. The molecule has 4 aromatic rings. The van der Waals surface area contributed by atoms with Gasteiger partial charge in [-0.25, -0.2) is 4.79 Å². The van der Waals surface area contributed by atoms with Crippen LogP contribution in [0.15, 0.2) is 94.1 Å². The molecule has 0 aliphatic carbocycles. The molecule has 0 aliphatic heterocycles. The van der Waals surface area contributed by atoms with Crippen LogP contribution >= 0.6 is 0 Å². The lowest BCUT2D eigenvalue weighted by Crippen LogP contribution is -2.02. The first kappa shape index (κ1) is 16.2. The minimum Gasteiger partial charge on any atom is -0.493 e. The highest BCUT2D eigenvalue weighted by Gasteiger charge is 2.09. The Morgan fingerprint density at radius 1 is 0.808 bits per heavy atom. The summed E-state index contributed by atoms with van der Waals surface area (Å²) in [6, 6.07) is 27.2. The second-order valence-electron chi connectivity index (χ2n) is 6.09. The third-order valence-electron chi connectivity index (χ3n) is 4.30. The molecule has 3 aromatic carbocycles. The van der Waals surface area contributed by atoms with Crippen molar-refractivity contribution in [2.24, 2.45) is 0 Å². The van der Waals surface area contributed by atoms with Gasteiger partial charge in [-0.05, 0) is 28.8 Å². The molecule has 0 saturated carbocycles. The predicted molar refractivity (Wildman–Crippen MR) is 104 cm³/mol. The molecule has 128 valence electrons. The van der Waals surface area contributed by atoms with E-state index in [1.807, 2.05) is 60.7 Å². The van der Waals surface area contributed by atoms with Crippen molar-refractivity contribution in [2.75, 3.05) is 6.61 Å². The summed E-state index contributed by atoms with van der Waals surface area (Å²) >= 11 is 0. The molecule has 0 N–H and O–H groups in total. The van der Waals surface area contributed by atoms with Gasteiger partial charge in [-0.2, -0.15) is 0 Å². The smallest absolute Gasteiger partial charge is 0.336 e. The molecular formula is C23H18O3. The summed E-state index contributed by atoms with van der Waals surface area (Å²) in [6.07, 6.45) is 0.826. The molecule has 1 heterocycles. The summed E-state index contributed by atoms with van der Waals surface area (Å²) in [6.45, 7) is 0.568. The Kier molecular flexibility index (Phi) is 4.52. The Morgan fingerprint density at radius 2 is 1.54 bits per heavy atom. The fourth-order valence-electron chi connectivity index (χ4n) is 3.02. The van der Waals surface area contributed by atoms with Crippen LogP contribution < -0.4 is 10.4 Å². The van der Waals surface area contributed by atoms with Crippen molar-refractivity contribution in [3.63, 3.8) is 0 Å². The third kappa shape index (κ3) is 3.52. The average molecular weight is 342 g/mol. The fraction of sp³-hybridized carbons (Fsp3) is 0.0870. The van der Waals surface area contributed by atoms with Gasteiger partial charge in [0.1, 0.15) is 11.3 Å². The topological polar surface area (TPSA) is 39.4 Å². The van der Waals surface area contributed by atoms with E-state index in [1.165, 1.54) is 11.6 Å². The number of hydrogen-bond donors (Lipinski definition) is 0. The molecule has 0 aliphatic rings. The van der Waals surface area contributed by atoms with E-state index < -0.39 is 0 Å². The molecule has 0 saturated heterocycles. The zero-order valence-electron chi connectivity index (χ0n) is 14.2. The van der Waals surface area contributed by atoms with Crippen LogP contribution in [0.2, 0.25) is 0 Å². The van der Waals surface area contributed by atoms with E-state index in [0.29, 0.717) is 17.9 Å². The maximum atomic E-state index is 12.0. The van der Waals surface area contributed by atoms with Crippen LogP contribution in [-0.4, -0.2) is 6.61 Å². The average Bonchev–Trinajstić information content (AvgIpc) is 2.68. The van der Waals surface area contributed by atoms with Gasteiger partial charge in [-0.3, -0.25) is 0 Å². The Morgan fingerprint density at radius 3 is 2.31 bits per heavy atom. The van der Waals surface area contributed by atoms with Crippen LogP contribution in [0.25, 0.3) is 22.1 Å². The first-order chi connectivity index (χ1) is 12.8. The first-order valence-corrected chi connectivity index (χ1v) is 8.60. The van der Waals surface area contributed by atoms with Gasteiger partial charge in [0.25, 0.3) is 0 Å². The van der Waals surface area contributed by atoms with E-state index in [1.54, 1.807) is 6.07 Å². The molecule has 1 aromatic heterocycles. The van der Waals surface area contributed by atoms with Crippen molar-refractivity contribution in [1.29, 1.82) is 0 Å². The number of rotatable bonds is 5. The van der Waals surface area contributed by atoms with Gasteiger partial charge in [-0.15, -0.1) is 0 Å². The van der Waals surface area contributed by atoms with Gasteiger partial charge in [0.15, 0.2) is 0 Å².